The van der Waals surface area contributed by atoms with E-state index in [4.69, 9.17) is 4.42 Å². The van der Waals surface area contributed by atoms with Crippen LogP contribution >= 0.6 is 0 Å². The first-order chi connectivity index (χ1) is 9.78. The summed E-state index contributed by atoms with van der Waals surface area (Å²) in [6, 6.07) is 0. The number of hydrogen-bond donors (Lipinski definition) is 1. The summed E-state index contributed by atoms with van der Waals surface area (Å²) in [6.07, 6.45) is 0.939. The first kappa shape index (κ1) is 16.5. The van der Waals surface area contributed by atoms with Crippen LogP contribution in [-0.4, -0.2) is 32.9 Å². The third-order valence-corrected chi connectivity index (χ3v) is 6.47. The van der Waals surface area contributed by atoms with Crippen molar-refractivity contribution in [1.29, 1.82) is 0 Å². The Morgan fingerprint density at radius 1 is 1.33 bits per heavy atom. The van der Waals surface area contributed by atoms with Gasteiger partial charge in [0.1, 0.15) is 16.4 Å². The molecule has 6 heteroatoms. The van der Waals surface area contributed by atoms with Gasteiger partial charge in [0.25, 0.3) is 0 Å². The van der Waals surface area contributed by atoms with Crippen LogP contribution in [0.15, 0.2) is 9.31 Å². The summed E-state index contributed by atoms with van der Waals surface area (Å²) in [5.41, 5.74) is 0.753. The summed E-state index contributed by atoms with van der Waals surface area (Å²) in [5.74, 6) is 2.13. The van der Waals surface area contributed by atoms with Gasteiger partial charge in [-0.2, -0.15) is 4.31 Å². The number of nitrogens with one attached hydrogen (secondary N) is 1. The molecule has 1 fully saturated rings. The zero-order valence-corrected chi connectivity index (χ0v) is 14.4. The minimum absolute atomic E-state index is 0.360. The van der Waals surface area contributed by atoms with Crippen LogP contribution in [0.3, 0.4) is 0 Å². The zero-order valence-electron chi connectivity index (χ0n) is 13.6. The summed E-state index contributed by atoms with van der Waals surface area (Å²) < 4.78 is 33.1. The molecule has 1 N–H and O–H groups in total. The average molecular weight is 314 g/mol. The molecule has 0 bridgehead atoms. The highest BCUT2D eigenvalue weighted by Crippen LogP contribution is 2.33. The van der Waals surface area contributed by atoms with Gasteiger partial charge in [0.15, 0.2) is 0 Å². The lowest BCUT2D eigenvalue weighted by molar-refractivity contribution is 0.388. The highest BCUT2D eigenvalue weighted by atomic mass is 32.2. The Morgan fingerprint density at radius 2 is 2.00 bits per heavy atom. The Kier molecular flexibility index (Phi) is 4.80. The van der Waals surface area contributed by atoms with E-state index in [-0.39, 0.29) is 0 Å². The first-order valence-electron chi connectivity index (χ1n) is 7.52. The molecule has 1 atom stereocenters. The van der Waals surface area contributed by atoms with Crippen molar-refractivity contribution in [2.75, 3.05) is 20.1 Å². The van der Waals surface area contributed by atoms with Crippen LogP contribution in [0.2, 0.25) is 0 Å². The van der Waals surface area contributed by atoms with E-state index in [1.165, 1.54) is 0 Å². The molecule has 2 heterocycles. The van der Waals surface area contributed by atoms with E-state index in [1.54, 1.807) is 11.2 Å². The zero-order chi connectivity index (χ0) is 15.8. The minimum atomic E-state index is -3.47. The van der Waals surface area contributed by atoms with Gasteiger partial charge in [-0.25, -0.2) is 8.42 Å². The lowest BCUT2D eigenvalue weighted by Crippen LogP contribution is -2.30. The maximum Gasteiger partial charge on any atom is 0.246 e. The standard InChI is InChI=1S/C15H26N2O3S/c1-10(2)13-6-7-17(9-13)21(18,19)15-12(4)20-11(3)14(15)8-16-5/h10,13,16H,6-9H2,1-5H3. The molecular formula is C15H26N2O3S. The number of nitrogens with zero attached hydrogens (tertiary/aromatic N) is 1. The third kappa shape index (κ3) is 3.03. The fourth-order valence-electron chi connectivity index (χ4n) is 3.07. The van der Waals surface area contributed by atoms with Gasteiger partial charge in [-0.15, -0.1) is 0 Å². The predicted molar refractivity (Wildman–Crippen MR) is 82.6 cm³/mol. The predicted octanol–water partition coefficient (Wildman–Crippen LogP) is 2.28. The second-order valence-electron chi connectivity index (χ2n) is 6.21. The Morgan fingerprint density at radius 3 is 2.52 bits per heavy atom. The normalized spacial score (nSPS) is 20.6. The van der Waals surface area contributed by atoms with Crippen LogP contribution in [0, 0.1) is 25.7 Å². The maximum absolute atomic E-state index is 13.0. The molecule has 0 saturated carbocycles. The molecule has 0 aliphatic carbocycles. The highest BCUT2D eigenvalue weighted by molar-refractivity contribution is 7.89. The quantitative estimate of drug-likeness (QED) is 0.906. The topological polar surface area (TPSA) is 62.6 Å². The van der Waals surface area contributed by atoms with Crippen molar-refractivity contribution in [1.82, 2.24) is 9.62 Å². The van der Waals surface area contributed by atoms with Crippen LogP contribution in [0.25, 0.3) is 0 Å². The lowest BCUT2D eigenvalue weighted by atomic mass is 9.96. The van der Waals surface area contributed by atoms with Gasteiger partial charge < -0.3 is 9.73 Å². The fourth-order valence-corrected chi connectivity index (χ4v) is 5.00. The maximum atomic E-state index is 13.0. The van der Waals surface area contributed by atoms with E-state index in [2.05, 4.69) is 19.2 Å². The van der Waals surface area contributed by atoms with Gasteiger partial charge in [-0.05, 0) is 39.2 Å². The van der Waals surface area contributed by atoms with E-state index in [0.29, 0.717) is 47.9 Å². The number of furan rings is 1. The second kappa shape index (κ2) is 6.10. The molecule has 1 aliphatic rings. The Balaban J connectivity index is 2.37. The Hall–Kier alpha value is -0.850. The second-order valence-corrected chi connectivity index (χ2v) is 8.08. The minimum Gasteiger partial charge on any atom is -0.465 e. The van der Waals surface area contributed by atoms with E-state index in [0.717, 1.165) is 12.0 Å². The van der Waals surface area contributed by atoms with Crippen molar-refractivity contribution in [3.8, 4) is 0 Å². The van der Waals surface area contributed by atoms with Crippen molar-refractivity contribution in [2.45, 2.75) is 45.6 Å². The smallest absolute Gasteiger partial charge is 0.246 e. The molecule has 1 aliphatic heterocycles. The van der Waals surface area contributed by atoms with Gasteiger partial charge in [0.2, 0.25) is 10.0 Å². The van der Waals surface area contributed by atoms with Gasteiger partial charge >= 0.3 is 0 Å². The Labute approximate surface area is 127 Å². The monoisotopic (exact) mass is 314 g/mol. The molecular weight excluding hydrogens is 288 g/mol. The van der Waals surface area contributed by atoms with Crippen LogP contribution in [0.4, 0.5) is 0 Å². The van der Waals surface area contributed by atoms with Gasteiger partial charge in [-0.1, -0.05) is 13.8 Å². The molecule has 2 rings (SSSR count). The molecule has 0 aromatic carbocycles. The lowest BCUT2D eigenvalue weighted by Gasteiger charge is -2.18. The summed E-state index contributed by atoms with van der Waals surface area (Å²) in [5, 5.41) is 3.03. The van der Waals surface area contributed by atoms with Gasteiger partial charge in [0, 0.05) is 25.2 Å². The number of aryl methyl sites for hydroxylation is 2. The summed E-state index contributed by atoms with van der Waals surface area (Å²) >= 11 is 0. The molecule has 0 amide bonds. The first-order valence-corrected chi connectivity index (χ1v) is 8.96. The van der Waals surface area contributed by atoms with Crippen molar-refractivity contribution in [3.63, 3.8) is 0 Å². The number of rotatable bonds is 5. The molecule has 5 nitrogen and oxygen atoms in total. The van der Waals surface area contributed by atoms with Gasteiger partial charge in [0.05, 0.1) is 0 Å². The largest absolute Gasteiger partial charge is 0.465 e. The molecule has 1 saturated heterocycles. The summed E-state index contributed by atoms with van der Waals surface area (Å²) in [7, 11) is -1.66. The third-order valence-electron chi connectivity index (χ3n) is 4.41. The summed E-state index contributed by atoms with van der Waals surface area (Å²) in [6.45, 7) is 9.57. The molecule has 1 aromatic heterocycles. The van der Waals surface area contributed by atoms with Crippen LogP contribution in [-0.2, 0) is 16.6 Å². The van der Waals surface area contributed by atoms with E-state index < -0.39 is 10.0 Å². The van der Waals surface area contributed by atoms with Crippen molar-refractivity contribution >= 4 is 10.0 Å². The fraction of sp³-hybridized carbons (Fsp3) is 0.733. The Bertz CT molecular complexity index is 605. The van der Waals surface area contributed by atoms with Crippen LogP contribution < -0.4 is 5.32 Å². The van der Waals surface area contributed by atoms with Crippen molar-refractivity contribution in [2.24, 2.45) is 11.8 Å². The van der Waals surface area contributed by atoms with Crippen LogP contribution in [0.1, 0.15) is 37.4 Å². The molecule has 0 spiro atoms. The number of hydrogen-bond acceptors (Lipinski definition) is 4. The van der Waals surface area contributed by atoms with Crippen molar-refractivity contribution < 1.29 is 12.8 Å². The SMILES string of the molecule is CNCc1c(C)oc(C)c1S(=O)(=O)N1CCC(C(C)C)C1. The number of sulfonamides is 1. The molecule has 1 aromatic rings. The molecule has 21 heavy (non-hydrogen) atoms. The highest BCUT2D eigenvalue weighted by Gasteiger charge is 2.37. The molecule has 120 valence electrons. The molecule has 0 radical (unpaired) electrons. The van der Waals surface area contributed by atoms with Gasteiger partial charge in [-0.3, -0.25) is 0 Å². The van der Waals surface area contributed by atoms with Crippen molar-refractivity contribution in [3.05, 3.63) is 17.1 Å². The van der Waals surface area contributed by atoms with E-state index in [1.807, 2.05) is 14.0 Å². The van der Waals surface area contributed by atoms with E-state index in [9.17, 15) is 8.42 Å². The van der Waals surface area contributed by atoms with Crippen LogP contribution in [0.5, 0.6) is 0 Å². The molecule has 1 unspecified atom stereocenters. The average Bonchev–Trinajstić information content (AvgIpc) is 2.96. The van der Waals surface area contributed by atoms with E-state index >= 15 is 0 Å². The summed E-state index contributed by atoms with van der Waals surface area (Å²) in [4.78, 5) is 0.360.